The first-order valence-corrected chi connectivity index (χ1v) is 7.96. The van der Waals surface area contributed by atoms with Gasteiger partial charge in [-0.3, -0.25) is 29.4 Å². The van der Waals surface area contributed by atoms with Crippen molar-refractivity contribution in [1.29, 1.82) is 0 Å². The number of likely N-dealkylation sites (tertiary alicyclic amines) is 1. The summed E-state index contributed by atoms with van der Waals surface area (Å²) in [6.07, 6.45) is 2.15. The average molecular weight is 352 g/mol. The lowest BCUT2D eigenvalue weighted by Gasteiger charge is -2.29. The van der Waals surface area contributed by atoms with Crippen LogP contribution in [0.2, 0.25) is 0 Å². The lowest BCUT2D eigenvalue weighted by atomic mass is 9.72. The van der Waals surface area contributed by atoms with Crippen LogP contribution in [0.4, 0.5) is 0 Å². The van der Waals surface area contributed by atoms with Crippen LogP contribution in [0.15, 0.2) is 22.8 Å². The van der Waals surface area contributed by atoms with Gasteiger partial charge in [-0.2, -0.15) is 0 Å². The molecule has 0 N–H and O–H groups in total. The summed E-state index contributed by atoms with van der Waals surface area (Å²) in [7, 11) is 1.09. The number of carbonyl (C=O) groups excluding carboxylic acids is 3. The lowest BCUT2D eigenvalue weighted by molar-refractivity contribution is -0.486. The minimum atomic E-state index is -1.98. The number of hydrogen-bond acceptors (Lipinski definition) is 7. The van der Waals surface area contributed by atoms with E-state index in [9.17, 15) is 24.5 Å². The van der Waals surface area contributed by atoms with E-state index in [2.05, 4.69) is 0 Å². The Morgan fingerprint density at radius 2 is 2.24 bits per heavy atom. The van der Waals surface area contributed by atoms with Crippen molar-refractivity contribution < 1.29 is 28.5 Å². The van der Waals surface area contributed by atoms with Gasteiger partial charge in [-0.05, 0) is 18.6 Å². The highest BCUT2D eigenvalue weighted by Gasteiger charge is 2.64. The fourth-order valence-electron chi connectivity index (χ4n) is 3.19. The largest absolute Gasteiger partial charge is 0.469 e. The van der Waals surface area contributed by atoms with Gasteiger partial charge in [0.1, 0.15) is 11.7 Å². The van der Waals surface area contributed by atoms with Crippen molar-refractivity contribution in [2.24, 2.45) is 5.41 Å². The molecule has 0 unspecified atom stereocenters. The number of amides is 2. The summed E-state index contributed by atoms with van der Waals surface area (Å²) in [6.45, 7) is 1.33. The van der Waals surface area contributed by atoms with Crippen molar-refractivity contribution in [3.8, 4) is 0 Å². The summed E-state index contributed by atoms with van der Waals surface area (Å²) in [4.78, 5) is 49.4. The molecule has 2 amide bonds. The lowest BCUT2D eigenvalue weighted by Crippen LogP contribution is -2.47. The van der Waals surface area contributed by atoms with E-state index < -0.39 is 47.0 Å². The van der Waals surface area contributed by atoms with Gasteiger partial charge in [0, 0.05) is 11.5 Å². The Labute approximate surface area is 144 Å². The number of nitro groups is 1. The van der Waals surface area contributed by atoms with Gasteiger partial charge in [-0.15, -0.1) is 0 Å². The second kappa shape index (κ2) is 7.45. The second-order valence-corrected chi connectivity index (χ2v) is 5.93. The molecular weight excluding hydrogens is 332 g/mol. The normalized spacial score (nSPS) is 21.4. The van der Waals surface area contributed by atoms with E-state index in [4.69, 9.17) is 9.15 Å². The summed E-state index contributed by atoms with van der Waals surface area (Å²) in [5, 5.41) is 11.2. The van der Waals surface area contributed by atoms with Gasteiger partial charge in [0.05, 0.1) is 19.8 Å². The number of methoxy groups -OCH3 is 1. The molecule has 9 nitrogen and oxygen atoms in total. The fourth-order valence-corrected chi connectivity index (χ4v) is 3.19. The average Bonchev–Trinajstić information content (AvgIpc) is 3.18. The molecular formula is C16H20N2O7. The second-order valence-electron chi connectivity index (χ2n) is 5.93. The first-order chi connectivity index (χ1) is 11.9. The minimum Gasteiger partial charge on any atom is -0.469 e. The molecule has 2 rings (SSSR count). The van der Waals surface area contributed by atoms with Crippen molar-refractivity contribution in [2.75, 3.05) is 20.2 Å². The standard InChI is InChI=1S/C16H20N2O7/c1-3-4-7-17-13(19)9-16(14(17)20,15(21)24-2)11(10-18(22)23)12-6-5-8-25-12/h5-6,8,11H,3-4,7,9-10H2,1-2H3/t11-,16-/m0/s1. The van der Waals surface area contributed by atoms with Gasteiger partial charge in [0.25, 0.3) is 0 Å². The number of imide groups is 1. The Kier molecular flexibility index (Phi) is 5.55. The van der Waals surface area contributed by atoms with E-state index in [1.54, 1.807) is 0 Å². The zero-order chi connectivity index (χ0) is 18.6. The number of ether oxygens (including phenoxy) is 1. The topological polar surface area (TPSA) is 120 Å². The summed E-state index contributed by atoms with van der Waals surface area (Å²) in [5.41, 5.74) is -1.98. The monoisotopic (exact) mass is 352 g/mol. The molecule has 25 heavy (non-hydrogen) atoms. The molecule has 1 saturated heterocycles. The summed E-state index contributed by atoms with van der Waals surface area (Å²) < 4.78 is 10.0. The molecule has 0 bridgehead atoms. The molecule has 0 radical (unpaired) electrons. The van der Waals surface area contributed by atoms with Crippen molar-refractivity contribution in [3.63, 3.8) is 0 Å². The van der Waals surface area contributed by atoms with Crippen molar-refractivity contribution in [2.45, 2.75) is 32.1 Å². The van der Waals surface area contributed by atoms with Crippen LogP contribution in [-0.2, 0) is 19.1 Å². The highest BCUT2D eigenvalue weighted by atomic mass is 16.6. The van der Waals surface area contributed by atoms with Gasteiger partial charge in [0.2, 0.25) is 18.4 Å². The Hall–Kier alpha value is -2.71. The molecule has 1 fully saturated rings. The third kappa shape index (κ3) is 3.26. The number of carbonyl (C=O) groups is 3. The molecule has 0 spiro atoms. The zero-order valence-corrected chi connectivity index (χ0v) is 14.1. The first kappa shape index (κ1) is 18.6. The van der Waals surface area contributed by atoms with Gasteiger partial charge >= 0.3 is 5.97 Å². The Morgan fingerprint density at radius 1 is 1.52 bits per heavy atom. The quantitative estimate of drug-likeness (QED) is 0.228. The van der Waals surface area contributed by atoms with Crippen LogP contribution in [-0.4, -0.2) is 47.8 Å². The molecule has 1 aliphatic heterocycles. The van der Waals surface area contributed by atoms with Crippen LogP contribution in [0.3, 0.4) is 0 Å². The van der Waals surface area contributed by atoms with Gasteiger partial charge in [-0.1, -0.05) is 13.3 Å². The van der Waals surface area contributed by atoms with Gasteiger partial charge < -0.3 is 9.15 Å². The van der Waals surface area contributed by atoms with Crippen molar-refractivity contribution >= 4 is 17.8 Å². The van der Waals surface area contributed by atoms with E-state index in [1.807, 2.05) is 6.92 Å². The number of nitrogens with zero attached hydrogens (tertiary/aromatic N) is 2. The smallest absolute Gasteiger partial charge is 0.322 e. The van der Waals surface area contributed by atoms with Crippen LogP contribution in [0.25, 0.3) is 0 Å². The summed E-state index contributed by atoms with van der Waals surface area (Å²) in [6, 6.07) is 2.95. The molecule has 9 heteroatoms. The molecule has 0 aromatic carbocycles. The van der Waals surface area contributed by atoms with Gasteiger partial charge in [0.15, 0.2) is 5.41 Å². The van der Waals surface area contributed by atoms with Crippen LogP contribution in [0.1, 0.15) is 37.9 Å². The highest BCUT2D eigenvalue weighted by molar-refractivity contribution is 6.16. The van der Waals surface area contributed by atoms with E-state index >= 15 is 0 Å². The highest BCUT2D eigenvalue weighted by Crippen LogP contribution is 2.46. The van der Waals surface area contributed by atoms with Crippen molar-refractivity contribution in [3.05, 3.63) is 34.3 Å². The molecule has 0 aliphatic carbocycles. The molecule has 2 heterocycles. The zero-order valence-electron chi connectivity index (χ0n) is 14.1. The van der Waals surface area contributed by atoms with E-state index in [1.165, 1.54) is 18.4 Å². The number of furan rings is 1. The van der Waals surface area contributed by atoms with E-state index in [0.717, 1.165) is 18.4 Å². The fraction of sp³-hybridized carbons (Fsp3) is 0.562. The number of rotatable bonds is 8. The van der Waals surface area contributed by atoms with E-state index in [0.29, 0.717) is 6.42 Å². The molecule has 1 aromatic rings. The first-order valence-electron chi connectivity index (χ1n) is 7.96. The number of hydrogen-bond donors (Lipinski definition) is 0. The summed E-state index contributed by atoms with van der Waals surface area (Å²) in [5.74, 6) is -3.40. The molecule has 1 aliphatic rings. The minimum absolute atomic E-state index is 0.0978. The van der Waals surface area contributed by atoms with Crippen LogP contribution in [0.5, 0.6) is 0 Å². The maximum absolute atomic E-state index is 13.0. The molecule has 0 saturated carbocycles. The SMILES string of the molecule is CCCCN1C(=O)C[C@](C(=O)OC)([C@@H](C[N+](=O)[O-])c2ccco2)C1=O. The van der Waals surface area contributed by atoms with Crippen molar-refractivity contribution in [1.82, 2.24) is 4.90 Å². The molecule has 136 valence electrons. The van der Waals surface area contributed by atoms with E-state index in [-0.39, 0.29) is 12.3 Å². The van der Waals surface area contributed by atoms with Crippen LogP contribution in [0, 0.1) is 15.5 Å². The third-order valence-electron chi connectivity index (χ3n) is 4.46. The number of unbranched alkanes of at least 4 members (excludes halogenated alkanes) is 1. The maximum atomic E-state index is 13.0. The molecule has 1 aromatic heterocycles. The maximum Gasteiger partial charge on any atom is 0.322 e. The Bertz CT molecular complexity index is 670. The van der Waals surface area contributed by atoms with Crippen LogP contribution < -0.4 is 0 Å². The Morgan fingerprint density at radius 3 is 2.76 bits per heavy atom. The molecule has 2 atom stereocenters. The number of esters is 1. The predicted octanol–water partition coefficient (Wildman–Crippen LogP) is 1.36. The van der Waals surface area contributed by atoms with Gasteiger partial charge in [-0.25, -0.2) is 0 Å². The van der Waals surface area contributed by atoms with Crippen LogP contribution >= 0.6 is 0 Å². The third-order valence-corrected chi connectivity index (χ3v) is 4.46. The predicted molar refractivity (Wildman–Crippen MR) is 84.0 cm³/mol. The Balaban J connectivity index is 2.53. The summed E-state index contributed by atoms with van der Waals surface area (Å²) >= 11 is 0.